The van der Waals surface area contributed by atoms with Gasteiger partial charge in [0.15, 0.2) is 0 Å². The zero-order chi connectivity index (χ0) is 11.4. The van der Waals surface area contributed by atoms with Crippen molar-refractivity contribution >= 4 is 9.52 Å². The Bertz CT molecular complexity index is 314. The van der Waals surface area contributed by atoms with Crippen LogP contribution in [0, 0.1) is 0 Å². The van der Waals surface area contributed by atoms with Gasteiger partial charge in [0.05, 0.1) is 7.11 Å². The van der Waals surface area contributed by atoms with Gasteiger partial charge in [0.1, 0.15) is 5.75 Å². The maximum atomic E-state index is 5.20. The van der Waals surface area contributed by atoms with Crippen molar-refractivity contribution < 1.29 is 4.74 Å². The second-order valence-electron chi connectivity index (χ2n) is 4.96. The molecule has 1 nitrogen and oxygen atoms in total. The van der Waals surface area contributed by atoms with Crippen LogP contribution >= 0.6 is 0 Å². The van der Waals surface area contributed by atoms with E-state index in [1.54, 1.807) is 13.2 Å². The summed E-state index contributed by atoms with van der Waals surface area (Å²) >= 11 is 0. The third-order valence-corrected chi connectivity index (χ3v) is 6.76. The van der Waals surface area contributed by atoms with Crippen LogP contribution in [0.4, 0.5) is 0 Å². The maximum Gasteiger partial charge on any atom is 0.118 e. The van der Waals surface area contributed by atoms with Crippen LogP contribution in [0.5, 0.6) is 5.75 Å². The van der Waals surface area contributed by atoms with Gasteiger partial charge in [-0.05, 0) is 29.2 Å². The first-order valence-electron chi connectivity index (χ1n) is 6.45. The Kier molecular flexibility index (Phi) is 4.05. The quantitative estimate of drug-likeness (QED) is 0.729. The van der Waals surface area contributed by atoms with E-state index in [1.165, 1.54) is 24.8 Å². The number of hydrogen-bond acceptors (Lipinski definition) is 1. The van der Waals surface area contributed by atoms with E-state index in [2.05, 4.69) is 31.2 Å². The molecule has 1 aromatic rings. The van der Waals surface area contributed by atoms with Crippen molar-refractivity contribution in [2.75, 3.05) is 7.11 Å². The standard InChI is InChI=1S/C14H22OSi/c1-11(14-5-3-4-10-16-14)12-6-8-13(15-2)9-7-12/h6-9,11,14H,3-5,10,16H2,1-2H3. The molecular formula is C14H22OSi. The maximum absolute atomic E-state index is 5.20. The summed E-state index contributed by atoms with van der Waals surface area (Å²) in [5, 5.41) is 0. The molecule has 88 valence electrons. The Balaban J connectivity index is 2.04. The highest BCUT2D eigenvalue weighted by Gasteiger charge is 2.21. The number of ether oxygens (including phenoxy) is 1. The van der Waals surface area contributed by atoms with E-state index >= 15 is 0 Å². The summed E-state index contributed by atoms with van der Waals surface area (Å²) in [6.07, 6.45) is 4.43. The molecule has 1 aliphatic heterocycles. The minimum absolute atomic E-state index is 0.185. The van der Waals surface area contributed by atoms with Crippen molar-refractivity contribution in [3.63, 3.8) is 0 Å². The van der Waals surface area contributed by atoms with Crippen LogP contribution in [0.2, 0.25) is 11.6 Å². The third kappa shape index (κ3) is 2.67. The van der Waals surface area contributed by atoms with Crippen molar-refractivity contribution in [3.05, 3.63) is 29.8 Å². The molecule has 2 unspecified atom stereocenters. The molecule has 2 atom stereocenters. The van der Waals surface area contributed by atoms with E-state index in [0.717, 1.165) is 17.2 Å². The number of hydrogen-bond donors (Lipinski definition) is 0. The first-order chi connectivity index (χ1) is 7.81. The van der Waals surface area contributed by atoms with Gasteiger partial charge in [-0.3, -0.25) is 0 Å². The molecule has 0 aliphatic carbocycles. The fourth-order valence-corrected chi connectivity index (χ4v) is 5.33. The van der Waals surface area contributed by atoms with E-state index < -0.39 is 0 Å². The fourth-order valence-electron chi connectivity index (χ4n) is 2.81. The summed E-state index contributed by atoms with van der Waals surface area (Å²) in [6, 6.07) is 10.2. The van der Waals surface area contributed by atoms with Crippen LogP contribution in [0.15, 0.2) is 24.3 Å². The van der Waals surface area contributed by atoms with Gasteiger partial charge < -0.3 is 4.74 Å². The van der Waals surface area contributed by atoms with Crippen molar-refractivity contribution in [3.8, 4) is 5.75 Å². The summed E-state index contributed by atoms with van der Waals surface area (Å²) < 4.78 is 5.20. The van der Waals surface area contributed by atoms with Gasteiger partial charge in [0.2, 0.25) is 0 Å². The molecule has 0 amide bonds. The van der Waals surface area contributed by atoms with E-state index in [9.17, 15) is 0 Å². The molecule has 0 saturated carbocycles. The van der Waals surface area contributed by atoms with E-state index in [4.69, 9.17) is 4.74 Å². The average Bonchev–Trinajstić information content (AvgIpc) is 2.39. The number of benzene rings is 1. The highest BCUT2D eigenvalue weighted by molar-refractivity contribution is 6.38. The summed E-state index contributed by atoms with van der Waals surface area (Å²) in [6.45, 7) is 2.41. The van der Waals surface area contributed by atoms with Gasteiger partial charge in [-0.25, -0.2) is 0 Å². The smallest absolute Gasteiger partial charge is 0.118 e. The zero-order valence-corrected chi connectivity index (χ0v) is 11.8. The van der Waals surface area contributed by atoms with Crippen molar-refractivity contribution in [2.24, 2.45) is 0 Å². The summed E-state index contributed by atoms with van der Waals surface area (Å²) in [5.41, 5.74) is 2.53. The summed E-state index contributed by atoms with van der Waals surface area (Å²) in [7, 11) is 1.91. The number of rotatable bonds is 3. The lowest BCUT2D eigenvalue weighted by molar-refractivity contribution is 0.414. The van der Waals surface area contributed by atoms with Gasteiger partial charge in [0, 0.05) is 9.52 Å². The Hall–Kier alpha value is -0.763. The predicted octanol–water partition coefficient (Wildman–Crippen LogP) is 3.36. The fraction of sp³-hybridized carbons (Fsp3) is 0.571. The van der Waals surface area contributed by atoms with Crippen molar-refractivity contribution in [1.82, 2.24) is 0 Å². The minimum Gasteiger partial charge on any atom is -0.497 e. The molecule has 1 aliphatic rings. The Morgan fingerprint density at radius 3 is 2.56 bits per heavy atom. The number of methoxy groups -OCH3 is 1. The highest BCUT2D eigenvalue weighted by atomic mass is 28.2. The van der Waals surface area contributed by atoms with Gasteiger partial charge >= 0.3 is 0 Å². The monoisotopic (exact) mass is 234 g/mol. The molecular weight excluding hydrogens is 212 g/mol. The predicted molar refractivity (Wildman–Crippen MR) is 72.4 cm³/mol. The van der Waals surface area contributed by atoms with E-state index in [-0.39, 0.29) is 9.52 Å². The second kappa shape index (κ2) is 5.53. The largest absolute Gasteiger partial charge is 0.497 e. The molecule has 0 aromatic heterocycles. The zero-order valence-electron chi connectivity index (χ0n) is 10.4. The van der Waals surface area contributed by atoms with Crippen molar-refractivity contribution in [2.45, 2.75) is 43.7 Å². The summed E-state index contributed by atoms with van der Waals surface area (Å²) in [5.74, 6) is 1.73. The van der Waals surface area contributed by atoms with Crippen LogP contribution in [-0.2, 0) is 0 Å². The lowest BCUT2D eigenvalue weighted by Crippen LogP contribution is -2.15. The molecule has 1 heterocycles. The molecule has 2 heteroatoms. The first-order valence-corrected chi connectivity index (χ1v) is 8.27. The Morgan fingerprint density at radius 1 is 1.25 bits per heavy atom. The Labute approximate surface area is 101 Å². The Morgan fingerprint density at radius 2 is 2.00 bits per heavy atom. The molecule has 0 N–H and O–H groups in total. The molecule has 0 radical (unpaired) electrons. The van der Waals surface area contributed by atoms with Crippen LogP contribution < -0.4 is 4.74 Å². The van der Waals surface area contributed by atoms with E-state index in [1.807, 2.05) is 0 Å². The topological polar surface area (TPSA) is 9.23 Å². The van der Waals surface area contributed by atoms with Gasteiger partial charge in [-0.1, -0.05) is 44.4 Å². The molecule has 16 heavy (non-hydrogen) atoms. The molecule has 0 spiro atoms. The highest BCUT2D eigenvalue weighted by Crippen LogP contribution is 2.36. The van der Waals surface area contributed by atoms with Gasteiger partial charge in [-0.2, -0.15) is 0 Å². The normalized spacial score (nSPS) is 24.2. The van der Waals surface area contributed by atoms with Crippen LogP contribution in [0.3, 0.4) is 0 Å². The van der Waals surface area contributed by atoms with Gasteiger partial charge in [-0.15, -0.1) is 0 Å². The third-order valence-electron chi connectivity index (χ3n) is 4.00. The average molecular weight is 234 g/mol. The van der Waals surface area contributed by atoms with E-state index in [0.29, 0.717) is 0 Å². The molecule has 1 saturated heterocycles. The molecule has 1 fully saturated rings. The molecule has 0 bridgehead atoms. The minimum atomic E-state index is 0.185. The van der Waals surface area contributed by atoms with Crippen LogP contribution in [0.25, 0.3) is 0 Å². The first kappa shape index (κ1) is 11.7. The molecule has 2 rings (SSSR count). The van der Waals surface area contributed by atoms with Crippen molar-refractivity contribution in [1.29, 1.82) is 0 Å². The molecule has 1 aromatic carbocycles. The van der Waals surface area contributed by atoms with Crippen LogP contribution in [0.1, 0.15) is 37.7 Å². The SMILES string of the molecule is COc1ccc(C(C)C2CCCC[SiH2]2)cc1. The summed E-state index contributed by atoms with van der Waals surface area (Å²) in [4.78, 5) is 0. The van der Waals surface area contributed by atoms with Gasteiger partial charge in [0.25, 0.3) is 0 Å². The lowest BCUT2D eigenvalue weighted by Gasteiger charge is -2.27. The van der Waals surface area contributed by atoms with Crippen LogP contribution in [-0.4, -0.2) is 16.6 Å². The lowest BCUT2D eigenvalue weighted by atomic mass is 9.94. The second-order valence-corrected chi connectivity index (χ2v) is 7.29.